The number of carbonyl (C=O) groups is 2. The molecular weight excluding hydrogens is 286 g/mol. The van der Waals surface area contributed by atoms with Crippen LogP contribution in [0.3, 0.4) is 0 Å². The van der Waals surface area contributed by atoms with Gasteiger partial charge in [-0.05, 0) is 30.7 Å². The Morgan fingerprint density at radius 3 is 3.05 bits per heavy atom. The van der Waals surface area contributed by atoms with Crippen LogP contribution in [0.25, 0.3) is 11.6 Å². The summed E-state index contributed by atoms with van der Waals surface area (Å²) >= 11 is 1.31. The molecule has 1 aliphatic heterocycles. The number of amides is 2. The first kappa shape index (κ1) is 13.6. The smallest absolute Gasteiger partial charge is 0.261 e. The molecule has 2 aromatic heterocycles. The van der Waals surface area contributed by atoms with Gasteiger partial charge < -0.3 is 15.6 Å². The van der Waals surface area contributed by atoms with Gasteiger partial charge in [0, 0.05) is 24.0 Å². The van der Waals surface area contributed by atoms with Crippen molar-refractivity contribution in [2.24, 2.45) is 0 Å². The normalized spacial score (nSPS) is 15.1. The van der Waals surface area contributed by atoms with Crippen molar-refractivity contribution in [3.63, 3.8) is 0 Å². The number of aromatic nitrogens is 1. The average Bonchev–Trinajstić information content (AvgIpc) is 3.15. The first-order chi connectivity index (χ1) is 10.2. The molecule has 0 bridgehead atoms. The molecule has 0 radical (unpaired) electrons. The molecule has 0 aromatic carbocycles. The summed E-state index contributed by atoms with van der Waals surface area (Å²) in [5.41, 5.74) is 2.23. The van der Waals surface area contributed by atoms with Crippen molar-refractivity contribution in [2.75, 3.05) is 11.9 Å². The Labute approximate surface area is 126 Å². The van der Waals surface area contributed by atoms with Crippen LogP contribution in [-0.4, -0.2) is 23.3 Å². The number of hydrogen-bond donors (Lipinski definition) is 3. The highest BCUT2D eigenvalue weighted by molar-refractivity contribution is 7.18. The fourth-order valence-electron chi connectivity index (χ4n) is 2.15. The number of hydrogen-bond acceptors (Lipinski definition) is 3. The molecule has 0 unspecified atom stereocenters. The topological polar surface area (TPSA) is 74.0 Å². The highest BCUT2D eigenvalue weighted by atomic mass is 32.1. The molecule has 0 atom stereocenters. The molecule has 0 saturated heterocycles. The standard InChI is InChI=1S/C15H15N3O2S/c1-2-5-17-14(20)12-8-11-10(7-9-4-3-6-16-9)13(19)18-15(11)21-12/h3-4,6-8,16H,2,5H2,1H3,(H,17,20)(H,18,19)/b10-7+. The lowest BCUT2D eigenvalue weighted by Crippen LogP contribution is -2.23. The predicted molar refractivity (Wildman–Crippen MR) is 84.2 cm³/mol. The molecule has 5 nitrogen and oxygen atoms in total. The summed E-state index contributed by atoms with van der Waals surface area (Å²) in [6, 6.07) is 5.54. The number of fused-ring (bicyclic) bond motifs is 1. The van der Waals surface area contributed by atoms with Gasteiger partial charge in [-0.25, -0.2) is 0 Å². The Bertz CT molecular complexity index is 713. The maximum atomic E-state index is 12.0. The van der Waals surface area contributed by atoms with Crippen LogP contribution in [0.15, 0.2) is 24.4 Å². The molecule has 108 valence electrons. The van der Waals surface area contributed by atoms with Gasteiger partial charge in [0.1, 0.15) is 5.00 Å². The van der Waals surface area contributed by atoms with Crippen molar-refractivity contribution < 1.29 is 9.59 Å². The Hall–Kier alpha value is -2.34. The quantitative estimate of drug-likeness (QED) is 0.760. The molecule has 1 aliphatic rings. The fourth-order valence-corrected chi connectivity index (χ4v) is 3.13. The van der Waals surface area contributed by atoms with Gasteiger partial charge >= 0.3 is 0 Å². The van der Waals surface area contributed by atoms with E-state index in [1.165, 1.54) is 11.3 Å². The highest BCUT2D eigenvalue weighted by Crippen LogP contribution is 2.39. The van der Waals surface area contributed by atoms with Gasteiger partial charge in [-0.15, -0.1) is 11.3 Å². The third kappa shape index (κ3) is 2.62. The monoisotopic (exact) mass is 301 g/mol. The first-order valence-electron chi connectivity index (χ1n) is 6.78. The summed E-state index contributed by atoms with van der Waals surface area (Å²) in [7, 11) is 0. The summed E-state index contributed by atoms with van der Waals surface area (Å²) in [5, 5.41) is 6.39. The lowest BCUT2D eigenvalue weighted by molar-refractivity contribution is -0.110. The Kier molecular flexibility index (Phi) is 3.62. The first-order valence-corrected chi connectivity index (χ1v) is 7.59. The number of thiophene rings is 1. The van der Waals surface area contributed by atoms with Crippen LogP contribution in [0.5, 0.6) is 0 Å². The van der Waals surface area contributed by atoms with Crippen molar-refractivity contribution in [1.29, 1.82) is 0 Å². The minimum atomic E-state index is -0.133. The summed E-state index contributed by atoms with van der Waals surface area (Å²) < 4.78 is 0. The lowest BCUT2D eigenvalue weighted by atomic mass is 10.1. The largest absolute Gasteiger partial charge is 0.362 e. The van der Waals surface area contributed by atoms with Gasteiger partial charge in [-0.3, -0.25) is 9.59 Å². The van der Waals surface area contributed by atoms with Crippen LogP contribution in [0.1, 0.15) is 34.3 Å². The summed E-state index contributed by atoms with van der Waals surface area (Å²) in [5.74, 6) is -0.226. The third-order valence-corrected chi connectivity index (χ3v) is 4.22. The maximum Gasteiger partial charge on any atom is 0.261 e. The van der Waals surface area contributed by atoms with Crippen LogP contribution in [0.2, 0.25) is 0 Å². The zero-order chi connectivity index (χ0) is 14.8. The molecule has 2 amide bonds. The summed E-state index contributed by atoms with van der Waals surface area (Å²) in [6.07, 6.45) is 4.49. The van der Waals surface area contributed by atoms with Gasteiger partial charge in [0.25, 0.3) is 11.8 Å². The minimum Gasteiger partial charge on any atom is -0.362 e. The second-order valence-electron chi connectivity index (χ2n) is 4.75. The average molecular weight is 301 g/mol. The van der Waals surface area contributed by atoms with Crippen LogP contribution < -0.4 is 10.6 Å². The van der Waals surface area contributed by atoms with Crippen molar-refractivity contribution in [2.45, 2.75) is 13.3 Å². The van der Waals surface area contributed by atoms with Crippen LogP contribution >= 0.6 is 11.3 Å². The minimum absolute atomic E-state index is 0.0928. The van der Waals surface area contributed by atoms with Crippen LogP contribution in [-0.2, 0) is 4.79 Å². The van der Waals surface area contributed by atoms with E-state index in [1.54, 1.807) is 18.3 Å². The molecule has 0 spiro atoms. The van der Waals surface area contributed by atoms with Gasteiger partial charge in [0.2, 0.25) is 0 Å². The Morgan fingerprint density at radius 1 is 1.48 bits per heavy atom. The number of H-pyrrole nitrogens is 1. The molecule has 3 rings (SSSR count). The van der Waals surface area contributed by atoms with Crippen LogP contribution in [0.4, 0.5) is 5.00 Å². The van der Waals surface area contributed by atoms with E-state index >= 15 is 0 Å². The summed E-state index contributed by atoms with van der Waals surface area (Å²) in [4.78, 5) is 27.6. The van der Waals surface area contributed by atoms with Gasteiger partial charge in [-0.2, -0.15) is 0 Å². The molecule has 2 aromatic rings. The van der Waals surface area contributed by atoms with E-state index < -0.39 is 0 Å². The summed E-state index contributed by atoms with van der Waals surface area (Å²) in [6.45, 7) is 2.66. The van der Waals surface area contributed by atoms with Gasteiger partial charge in [-0.1, -0.05) is 6.92 Å². The Morgan fingerprint density at radius 2 is 2.33 bits per heavy atom. The van der Waals surface area contributed by atoms with E-state index in [0.717, 1.165) is 22.7 Å². The maximum absolute atomic E-state index is 12.0. The van der Waals surface area contributed by atoms with Crippen molar-refractivity contribution >= 4 is 39.8 Å². The van der Waals surface area contributed by atoms with Gasteiger partial charge in [0.05, 0.1) is 10.5 Å². The number of nitrogens with one attached hydrogen (secondary N) is 3. The molecule has 3 heterocycles. The molecular formula is C15H15N3O2S. The molecule has 0 aliphatic carbocycles. The molecule has 0 fully saturated rings. The zero-order valence-corrected chi connectivity index (χ0v) is 12.3. The molecule has 6 heteroatoms. The molecule has 0 saturated carbocycles. The molecule has 21 heavy (non-hydrogen) atoms. The molecule has 3 N–H and O–H groups in total. The highest BCUT2D eigenvalue weighted by Gasteiger charge is 2.28. The van der Waals surface area contributed by atoms with E-state index in [1.807, 2.05) is 19.1 Å². The van der Waals surface area contributed by atoms with Crippen LogP contribution in [0, 0.1) is 0 Å². The van der Waals surface area contributed by atoms with Crippen molar-refractivity contribution in [3.05, 3.63) is 40.5 Å². The predicted octanol–water partition coefficient (Wildman–Crippen LogP) is 2.71. The van der Waals surface area contributed by atoms with E-state index in [9.17, 15) is 9.59 Å². The van der Waals surface area contributed by atoms with Crippen molar-refractivity contribution in [3.8, 4) is 0 Å². The lowest BCUT2D eigenvalue weighted by Gasteiger charge is -2.00. The number of rotatable bonds is 4. The number of anilines is 1. The number of carbonyl (C=O) groups excluding carboxylic acids is 2. The second kappa shape index (κ2) is 5.57. The van der Waals surface area contributed by atoms with Crippen molar-refractivity contribution in [1.82, 2.24) is 10.3 Å². The van der Waals surface area contributed by atoms with E-state index in [-0.39, 0.29) is 11.8 Å². The van der Waals surface area contributed by atoms with E-state index in [4.69, 9.17) is 0 Å². The van der Waals surface area contributed by atoms with Gasteiger partial charge in [0.15, 0.2) is 0 Å². The number of aromatic amines is 1. The second-order valence-corrected chi connectivity index (χ2v) is 5.80. The third-order valence-electron chi connectivity index (χ3n) is 3.18. The fraction of sp³-hybridized carbons (Fsp3) is 0.200. The van der Waals surface area contributed by atoms with E-state index in [2.05, 4.69) is 15.6 Å². The van der Waals surface area contributed by atoms with E-state index in [0.29, 0.717) is 17.0 Å². The zero-order valence-electron chi connectivity index (χ0n) is 11.5. The SMILES string of the molecule is CCCNC(=O)c1cc2c(s1)NC(=O)/C2=C/c1ccc[nH]1. The Balaban J connectivity index is 1.90.